The van der Waals surface area contributed by atoms with Gasteiger partial charge >= 0.3 is 0 Å². The largest absolute Gasteiger partial charge is 0.320 e. The van der Waals surface area contributed by atoms with Gasteiger partial charge < -0.3 is 10.7 Å². The number of nitrogen functional groups attached to an aromatic ring is 1. The number of carbonyl (C=O) groups is 1. The Hall–Kier alpha value is -0.960. The topological polar surface area (TPSA) is 80.0 Å². The number of halogens is 3. The highest BCUT2D eigenvalue weighted by Gasteiger charge is 2.15. The van der Waals surface area contributed by atoms with Crippen molar-refractivity contribution in [3.8, 4) is 0 Å². The summed E-state index contributed by atoms with van der Waals surface area (Å²) < 4.78 is 2.23. The van der Waals surface area contributed by atoms with Gasteiger partial charge in [0.05, 0.1) is 11.3 Å². The van der Waals surface area contributed by atoms with E-state index in [9.17, 15) is 4.79 Å². The van der Waals surface area contributed by atoms with Gasteiger partial charge in [0.1, 0.15) is 0 Å². The van der Waals surface area contributed by atoms with Crippen molar-refractivity contribution in [2.75, 3.05) is 10.7 Å². The summed E-state index contributed by atoms with van der Waals surface area (Å²) >= 11 is 10.1. The summed E-state index contributed by atoms with van der Waals surface area (Å²) in [4.78, 5) is 16.4. The van der Waals surface area contributed by atoms with Gasteiger partial charge in [-0.15, -0.1) is 0 Å². The average molecular weight is 465 g/mol. The lowest BCUT2D eigenvalue weighted by Gasteiger charge is -2.11. The van der Waals surface area contributed by atoms with Crippen molar-refractivity contribution in [1.29, 1.82) is 0 Å². The zero-order valence-electron chi connectivity index (χ0n) is 9.95. The van der Waals surface area contributed by atoms with Crippen LogP contribution in [-0.4, -0.2) is 10.9 Å². The molecule has 1 amide bonds. The summed E-state index contributed by atoms with van der Waals surface area (Å²) in [7, 11) is 0. The number of hydrogen-bond acceptors (Lipinski definition) is 4. The van der Waals surface area contributed by atoms with Crippen molar-refractivity contribution in [2.45, 2.75) is 0 Å². The molecular weight excluding hydrogens is 456 g/mol. The third-order valence-corrected chi connectivity index (χ3v) is 4.19. The average Bonchev–Trinajstić information content (AvgIpc) is 2.43. The monoisotopic (exact) mass is 462 g/mol. The first-order valence-electron chi connectivity index (χ1n) is 5.40. The van der Waals surface area contributed by atoms with E-state index in [4.69, 9.17) is 5.84 Å². The third-order valence-electron chi connectivity index (χ3n) is 2.44. The van der Waals surface area contributed by atoms with E-state index in [0.717, 1.165) is 8.95 Å². The lowest BCUT2D eigenvalue weighted by molar-refractivity contribution is 0.102. The fourth-order valence-corrected chi connectivity index (χ4v) is 3.05. The highest BCUT2D eigenvalue weighted by molar-refractivity contribution is 9.11. The number of nitrogens with zero attached hydrogens (tertiary/aromatic N) is 1. The predicted octanol–water partition coefficient (Wildman–Crippen LogP) is 3.91. The molecule has 0 unspecified atom stereocenters. The first-order valence-corrected chi connectivity index (χ1v) is 7.78. The molecule has 0 aliphatic heterocycles. The summed E-state index contributed by atoms with van der Waals surface area (Å²) in [5.41, 5.74) is 3.38. The number of nitrogens with two attached hydrogens (primary N) is 1. The lowest BCUT2D eigenvalue weighted by Crippen LogP contribution is -2.18. The maximum atomic E-state index is 12.3. The number of carbonyl (C=O) groups excluding carboxylic acids is 1. The quantitative estimate of drug-likeness (QED) is 0.475. The van der Waals surface area contributed by atoms with Crippen LogP contribution in [0.25, 0.3) is 0 Å². The number of benzene rings is 1. The van der Waals surface area contributed by atoms with Gasteiger partial charge in [-0.25, -0.2) is 10.8 Å². The number of para-hydroxylation sites is 1. The first kappa shape index (κ1) is 15.4. The summed E-state index contributed by atoms with van der Waals surface area (Å²) in [6.07, 6.45) is 1.56. The number of aromatic nitrogens is 1. The minimum Gasteiger partial charge on any atom is -0.320 e. The summed E-state index contributed by atoms with van der Waals surface area (Å²) in [6, 6.07) is 7.17. The highest BCUT2D eigenvalue weighted by atomic mass is 79.9. The fraction of sp³-hybridized carbons (Fsp3) is 0. The van der Waals surface area contributed by atoms with Gasteiger partial charge in [0.15, 0.2) is 5.82 Å². The van der Waals surface area contributed by atoms with Crippen molar-refractivity contribution in [1.82, 2.24) is 4.98 Å². The van der Waals surface area contributed by atoms with Crippen molar-refractivity contribution in [2.24, 2.45) is 5.84 Å². The Labute approximate surface area is 140 Å². The predicted molar refractivity (Wildman–Crippen MR) is 89.5 cm³/mol. The molecule has 20 heavy (non-hydrogen) atoms. The number of rotatable bonds is 3. The van der Waals surface area contributed by atoms with Gasteiger partial charge in [-0.05, 0) is 66.0 Å². The van der Waals surface area contributed by atoms with Gasteiger partial charge in [0.25, 0.3) is 5.91 Å². The second kappa shape index (κ2) is 6.66. The second-order valence-corrected chi connectivity index (χ2v) is 6.37. The molecular formula is C12H9Br3N4O. The zero-order valence-corrected chi connectivity index (χ0v) is 14.7. The van der Waals surface area contributed by atoms with Crippen LogP contribution in [0.15, 0.2) is 43.9 Å². The molecule has 2 aromatic rings. The first-order chi connectivity index (χ1) is 9.52. The van der Waals surface area contributed by atoms with Crippen molar-refractivity contribution < 1.29 is 4.79 Å². The summed E-state index contributed by atoms with van der Waals surface area (Å²) in [6.45, 7) is 0. The van der Waals surface area contributed by atoms with Gasteiger partial charge in [-0.1, -0.05) is 6.07 Å². The van der Waals surface area contributed by atoms with Crippen LogP contribution in [0.3, 0.4) is 0 Å². The minimum atomic E-state index is -0.320. The Balaban J connectivity index is 2.35. The SMILES string of the molecule is NNc1ncc(Br)cc1C(=O)Nc1c(Br)cccc1Br. The molecule has 1 aromatic heterocycles. The van der Waals surface area contributed by atoms with Crippen LogP contribution in [0.1, 0.15) is 10.4 Å². The van der Waals surface area contributed by atoms with Crippen LogP contribution in [0.5, 0.6) is 0 Å². The number of amides is 1. The van der Waals surface area contributed by atoms with Crippen molar-refractivity contribution >= 4 is 65.2 Å². The number of anilines is 2. The Morgan fingerprint density at radius 3 is 2.45 bits per heavy atom. The molecule has 0 radical (unpaired) electrons. The normalized spacial score (nSPS) is 10.2. The minimum absolute atomic E-state index is 0.300. The number of nitrogens with one attached hydrogen (secondary N) is 2. The Bertz CT molecular complexity index is 643. The van der Waals surface area contributed by atoms with Crippen LogP contribution < -0.4 is 16.6 Å². The van der Waals surface area contributed by atoms with E-state index >= 15 is 0 Å². The molecule has 0 spiro atoms. The molecule has 0 bridgehead atoms. The zero-order chi connectivity index (χ0) is 14.7. The molecule has 0 aliphatic carbocycles. The molecule has 4 N–H and O–H groups in total. The lowest BCUT2D eigenvalue weighted by atomic mass is 10.2. The Morgan fingerprint density at radius 1 is 1.20 bits per heavy atom. The van der Waals surface area contributed by atoms with E-state index in [1.807, 2.05) is 18.2 Å². The Morgan fingerprint density at radius 2 is 1.85 bits per heavy atom. The fourth-order valence-electron chi connectivity index (χ4n) is 1.53. The van der Waals surface area contributed by atoms with E-state index in [1.54, 1.807) is 12.3 Å². The highest BCUT2D eigenvalue weighted by Crippen LogP contribution is 2.31. The van der Waals surface area contributed by atoms with E-state index in [0.29, 0.717) is 21.5 Å². The maximum absolute atomic E-state index is 12.3. The molecule has 1 heterocycles. The second-order valence-electron chi connectivity index (χ2n) is 3.74. The molecule has 0 fully saturated rings. The van der Waals surface area contributed by atoms with E-state index < -0.39 is 0 Å². The van der Waals surface area contributed by atoms with E-state index in [-0.39, 0.29) is 5.91 Å². The number of hydrogen-bond donors (Lipinski definition) is 3. The summed E-state index contributed by atoms with van der Waals surface area (Å²) in [5.74, 6) is 5.35. The van der Waals surface area contributed by atoms with Crippen LogP contribution in [0.4, 0.5) is 11.5 Å². The molecule has 1 aromatic carbocycles. The van der Waals surface area contributed by atoms with Crippen molar-refractivity contribution in [3.05, 3.63) is 49.4 Å². The maximum Gasteiger partial charge on any atom is 0.259 e. The van der Waals surface area contributed by atoms with Gasteiger partial charge in [-0.2, -0.15) is 0 Å². The van der Waals surface area contributed by atoms with Crippen LogP contribution >= 0.6 is 47.8 Å². The molecule has 0 saturated heterocycles. The van der Waals surface area contributed by atoms with Gasteiger partial charge in [0, 0.05) is 19.6 Å². The molecule has 0 aliphatic rings. The number of pyridine rings is 1. The van der Waals surface area contributed by atoms with E-state index in [2.05, 4.69) is 63.5 Å². The molecule has 5 nitrogen and oxygen atoms in total. The van der Waals surface area contributed by atoms with Crippen LogP contribution in [0, 0.1) is 0 Å². The van der Waals surface area contributed by atoms with Crippen LogP contribution in [0.2, 0.25) is 0 Å². The van der Waals surface area contributed by atoms with Crippen LogP contribution in [-0.2, 0) is 0 Å². The summed E-state index contributed by atoms with van der Waals surface area (Å²) in [5, 5.41) is 2.81. The van der Waals surface area contributed by atoms with Gasteiger partial charge in [0.2, 0.25) is 0 Å². The molecule has 8 heteroatoms. The molecule has 2 rings (SSSR count). The van der Waals surface area contributed by atoms with E-state index in [1.165, 1.54) is 0 Å². The third kappa shape index (κ3) is 3.38. The van der Waals surface area contributed by atoms with Crippen molar-refractivity contribution in [3.63, 3.8) is 0 Å². The molecule has 0 saturated carbocycles. The molecule has 104 valence electrons. The van der Waals surface area contributed by atoms with Gasteiger partial charge in [-0.3, -0.25) is 4.79 Å². The Kier molecular flexibility index (Phi) is 5.14. The smallest absolute Gasteiger partial charge is 0.259 e. The standard InChI is InChI=1S/C12H9Br3N4O/c13-6-4-7(11(19-16)17-5-6)12(20)18-10-8(14)2-1-3-9(10)15/h1-5H,16H2,(H,17,19)(H,18,20). The molecule has 0 atom stereocenters. The number of hydrazine groups is 1.